The van der Waals surface area contributed by atoms with Crippen molar-refractivity contribution in [1.29, 1.82) is 0 Å². The van der Waals surface area contributed by atoms with Crippen molar-refractivity contribution in [2.24, 2.45) is 5.10 Å². The third kappa shape index (κ3) is 3.22. The molecule has 156 valence electrons. The Balaban J connectivity index is 1.35. The molecule has 0 N–H and O–H groups in total. The lowest BCUT2D eigenvalue weighted by molar-refractivity contribution is -0.00455. The SMILES string of the molecule is O=C(c1ccc(-c2ccccc2)cc1)[C@H]1Oc2ccccc2[C@@H]2CC(c3cccs3)=NN12. The molecule has 1 aromatic heterocycles. The molecule has 4 aromatic rings. The molecule has 0 radical (unpaired) electrons. The first-order valence-corrected chi connectivity index (χ1v) is 11.5. The summed E-state index contributed by atoms with van der Waals surface area (Å²) in [6.07, 6.45) is -0.0209. The van der Waals surface area contributed by atoms with E-state index in [1.165, 1.54) is 0 Å². The van der Waals surface area contributed by atoms with Crippen molar-refractivity contribution in [3.63, 3.8) is 0 Å². The second-order valence-electron chi connectivity index (χ2n) is 7.94. The van der Waals surface area contributed by atoms with Gasteiger partial charge in [0, 0.05) is 17.5 Å². The van der Waals surface area contributed by atoms with Crippen molar-refractivity contribution in [2.45, 2.75) is 18.7 Å². The molecule has 4 nitrogen and oxygen atoms in total. The number of para-hydroxylation sites is 1. The Hall–Kier alpha value is -3.70. The van der Waals surface area contributed by atoms with Crippen molar-refractivity contribution in [3.8, 4) is 16.9 Å². The molecular weight excluding hydrogens is 416 g/mol. The number of carbonyl (C=O) groups excluding carboxylic acids is 1. The van der Waals surface area contributed by atoms with Gasteiger partial charge in [-0.3, -0.25) is 4.79 Å². The third-order valence-corrected chi connectivity index (χ3v) is 6.92. The number of carbonyl (C=O) groups is 1. The van der Waals surface area contributed by atoms with Crippen molar-refractivity contribution >= 4 is 22.8 Å². The van der Waals surface area contributed by atoms with E-state index in [0.29, 0.717) is 5.56 Å². The van der Waals surface area contributed by atoms with Gasteiger partial charge in [0.15, 0.2) is 0 Å². The summed E-state index contributed by atoms with van der Waals surface area (Å²) in [4.78, 5) is 14.7. The molecular formula is C27H20N2O2S. The molecule has 0 fully saturated rings. The molecule has 0 amide bonds. The molecule has 2 aliphatic rings. The van der Waals surface area contributed by atoms with Crippen LogP contribution in [0.15, 0.2) is 101 Å². The number of rotatable bonds is 4. The lowest BCUT2D eigenvalue weighted by Gasteiger charge is -2.37. The monoisotopic (exact) mass is 436 g/mol. The van der Waals surface area contributed by atoms with Crippen LogP contribution in [0.2, 0.25) is 0 Å². The zero-order valence-corrected chi connectivity index (χ0v) is 18.0. The molecule has 32 heavy (non-hydrogen) atoms. The van der Waals surface area contributed by atoms with E-state index < -0.39 is 6.23 Å². The molecule has 3 aromatic carbocycles. The zero-order valence-electron chi connectivity index (χ0n) is 17.2. The molecule has 0 unspecified atom stereocenters. The van der Waals surface area contributed by atoms with Gasteiger partial charge in [-0.25, -0.2) is 5.01 Å². The van der Waals surface area contributed by atoms with Gasteiger partial charge in [0.05, 0.1) is 16.6 Å². The molecule has 2 atom stereocenters. The molecule has 0 aliphatic carbocycles. The van der Waals surface area contributed by atoms with E-state index in [4.69, 9.17) is 9.84 Å². The van der Waals surface area contributed by atoms with Gasteiger partial charge in [0.25, 0.3) is 6.23 Å². The second-order valence-corrected chi connectivity index (χ2v) is 8.89. The maximum Gasteiger partial charge on any atom is 0.251 e. The van der Waals surface area contributed by atoms with Crippen LogP contribution in [0.1, 0.15) is 33.3 Å². The van der Waals surface area contributed by atoms with Crippen LogP contribution in [-0.2, 0) is 0 Å². The number of ether oxygens (including phenoxy) is 1. The minimum Gasteiger partial charge on any atom is -0.461 e. The average molecular weight is 437 g/mol. The van der Waals surface area contributed by atoms with Crippen LogP contribution in [0.4, 0.5) is 0 Å². The fraction of sp³-hybridized carbons (Fsp3) is 0.111. The standard InChI is InChI=1S/C27H20N2O2S/c30-26(20-14-12-19(13-15-20)18-7-2-1-3-8-18)27-29-23(21-9-4-5-10-24(21)31-27)17-22(28-29)25-11-6-16-32-25/h1-16,23,27H,17H2/t23-,27+/m0/s1. The quantitative estimate of drug-likeness (QED) is 0.359. The van der Waals surface area contributed by atoms with Crippen LogP contribution >= 0.6 is 11.3 Å². The number of thiophene rings is 1. The Morgan fingerprint density at radius 3 is 2.41 bits per heavy atom. The Labute approximate surface area is 190 Å². The average Bonchev–Trinajstić information content (AvgIpc) is 3.54. The van der Waals surface area contributed by atoms with E-state index in [1.807, 2.05) is 71.7 Å². The fourth-order valence-electron chi connectivity index (χ4n) is 4.40. The number of nitrogens with zero attached hydrogens (tertiary/aromatic N) is 2. The number of ketones is 1. The summed E-state index contributed by atoms with van der Waals surface area (Å²) >= 11 is 1.67. The van der Waals surface area contributed by atoms with Gasteiger partial charge in [-0.05, 0) is 28.6 Å². The van der Waals surface area contributed by atoms with Crippen molar-refractivity contribution in [2.75, 3.05) is 0 Å². The highest BCUT2D eigenvalue weighted by atomic mass is 32.1. The number of hydrazone groups is 1. The first-order valence-electron chi connectivity index (χ1n) is 10.6. The van der Waals surface area contributed by atoms with Crippen LogP contribution in [0, 0.1) is 0 Å². The summed E-state index contributed by atoms with van der Waals surface area (Å²) in [6, 6.07) is 29.9. The smallest absolute Gasteiger partial charge is 0.251 e. The van der Waals surface area contributed by atoms with E-state index in [1.54, 1.807) is 11.3 Å². The normalized spacial score (nSPS) is 19.0. The Bertz CT molecular complexity index is 1300. The predicted molar refractivity (Wildman–Crippen MR) is 127 cm³/mol. The van der Waals surface area contributed by atoms with Gasteiger partial charge in [0.2, 0.25) is 5.78 Å². The predicted octanol–water partition coefficient (Wildman–Crippen LogP) is 6.17. The summed E-state index contributed by atoms with van der Waals surface area (Å²) in [5, 5.41) is 8.76. The molecule has 0 spiro atoms. The van der Waals surface area contributed by atoms with Crippen molar-refractivity contribution < 1.29 is 9.53 Å². The van der Waals surface area contributed by atoms with Crippen LogP contribution in [0.5, 0.6) is 5.75 Å². The number of hydrogen-bond donors (Lipinski definition) is 0. The van der Waals surface area contributed by atoms with Crippen molar-refractivity contribution in [1.82, 2.24) is 5.01 Å². The molecule has 0 saturated heterocycles. The van der Waals surface area contributed by atoms with Gasteiger partial charge in [-0.15, -0.1) is 11.3 Å². The summed E-state index contributed by atoms with van der Waals surface area (Å²) in [6.45, 7) is 0. The maximum absolute atomic E-state index is 13.6. The van der Waals surface area contributed by atoms with Crippen LogP contribution in [-0.4, -0.2) is 22.7 Å². The molecule has 0 bridgehead atoms. The molecule has 6 rings (SSSR count). The van der Waals surface area contributed by atoms with Gasteiger partial charge in [0.1, 0.15) is 5.75 Å². The largest absolute Gasteiger partial charge is 0.461 e. The van der Waals surface area contributed by atoms with E-state index in [-0.39, 0.29) is 11.8 Å². The Morgan fingerprint density at radius 1 is 0.875 bits per heavy atom. The summed E-state index contributed by atoms with van der Waals surface area (Å²) in [5.41, 5.74) is 4.90. The highest BCUT2D eigenvalue weighted by Crippen LogP contribution is 2.43. The molecule has 3 heterocycles. The van der Waals surface area contributed by atoms with Gasteiger partial charge in [-0.2, -0.15) is 5.10 Å². The molecule has 0 saturated carbocycles. The molecule has 2 aliphatic heterocycles. The maximum atomic E-state index is 13.6. The zero-order chi connectivity index (χ0) is 21.5. The summed E-state index contributed by atoms with van der Waals surface area (Å²) < 4.78 is 6.22. The van der Waals surface area contributed by atoms with Gasteiger partial charge < -0.3 is 4.74 Å². The minimum atomic E-state index is -0.782. The van der Waals surface area contributed by atoms with Crippen LogP contribution in [0.25, 0.3) is 11.1 Å². The molecule has 5 heteroatoms. The Morgan fingerprint density at radius 2 is 1.62 bits per heavy atom. The van der Waals surface area contributed by atoms with Crippen molar-refractivity contribution in [3.05, 3.63) is 112 Å². The first-order chi connectivity index (χ1) is 15.8. The van der Waals surface area contributed by atoms with Gasteiger partial charge in [-0.1, -0.05) is 78.9 Å². The van der Waals surface area contributed by atoms with E-state index in [2.05, 4.69) is 29.6 Å². The minimum absolute atomic E-state index is 0.00501. The van der Waals surface area contributed by atoms with Crippen LogP contribution < -0.4 is 4.74 Å². The lowest BCUT2D eigenvalue weighted by atomic mass is 9.97. The van der Waals surface area contributed by atoms with E-state index in [0.717, 1.165) is 39.4 Å². The fourth-order valence-corrected chi connectivity index (χ4v) is 5.12. The van der Waals surface area contributed by atoms with E-state index in [9.17, 15) is 4.79 Å². The van der Waals surface area contributed by atoms with Crippen LogP contribution in [0.3, 0.4) is 0 Å². The van der Waals surface area contributed by atoms with E-state index >= 15 is 0 Å². The highest BCUT2D eigenvalue weighted by molar-refractivity contribution is 7.12. The topological polar surface area (TPSA) is 41.9 Å². The summed E-state index contributed by atoms with van der Waals surface area (Å²) in [7, 11) is 0. The third-order valence-electron chi connectivity index (χ3n) is 6.01. The highest BCUT2D eigenvalue weighted by Gasteiger charge is 2.43. The lowest BCUT2D eigenvalue weighted by Crippen LogP contribution is -2.45. The summed E-state index contributed by atoms with van der Waals surface area (Å²) in [5.74, 6) is 0.677. The number of benzene rings is 3. The van der Waals surface area contributed by atoms with Gasteiger partial charge >= 0.3 is 0 Å². The number of hydrogen-bond acceptors (Lipinski definition) is 5. The number of fused-ring (bicyclic) bond motifs is 3. The Kier molecular flexibility index (Phi) is 4.62. The second kappa shape index (κ2) is 7.77. The first kappa shape index (κ1) is 19.0. The number of Topliss-reactive ketones (excluding diaryl/α,β-unsaturated/α-hetero) is 1.